The first kappa shape index (κ1) is 48.7. The van der Waals surface area contributed by atoms with Crippen LogP contribution in [-0.4, -0.2) is 110 Å². The largest absolute Gasteiger partial charge is 0.507 e. The summed E-state index contributed by atoms with van der Waals surface area (Å²) in [7, 11) is -4.39. The van der Waals surface area contributed by atoms with E-state index < -0.39 is 51.0 Å². The van der Waals surface area contributed by atoms with Crippen LogP contribution in [0.5, 0.6) is 17.2 Å². The highest BCUT2D eigenvalue weighted by Gasteiger charge is 2.51. The van der Waals surface area contributed by atoms with Gasteiger partial charge in [0, 0.05) is 45.3 Å². The molecule has 0 aromatic heterocycles. The molecule has 61 heavy (non-hydrogen) atoms. The van der Waals surface area contributed by atoms with Crippen LogP contribution in [0.15, 0.2) is 71.6 Å². The summed E-state index contributed by atoms with van der Waals surface area (Å²) in [5, 5.41) is 27.2. The van der Waals surface area contributed by atoms with E-state index in [1.165, 1.54) is 54.6 Å². The normalized spacial score (nSPS) is 13.9. The molecule has 332 valence electrons. The number of aromatic hydroxyl groups is 1. The van der Waals surface area contributed by atoms with Crippen LogP contribution in [0.2, 0.25) is 0 Å². The summed E-state index contributed by atoms with van der Waals surface area (Å²) in [6, 6.07) is 14.6. The van der Waals surface area contributed by atoms with Crippen molar-refractivity contribution in [2.45, 2.75) is 67.8 Å². The van der Waals surface area contributed by atoms with E-state index in [4.69, 9.17) is 19.9 Å². The fourth-order valence-corrected chi connectivity index (χ4v) is 8.88. The van der Waals surface area contributed by atoms with E-state index in [2.05, 4.69) is 16.0 Å². The van der Waals surface area contributed by atoms with Crippen molar-refractivity contribution in [3.63, 3.8) is 0 Å². The molecule has 1 unspecified atom stereocenters. The Morgan fingerprint density at radius 1 is 0.820 bits per heavy atom. The van der Waals surface area contributed by atoms with Crippen molar-refractivity contribution < 1.29 is 61.3 Å². The maximum atomic E-state index is 14.1. The highest BCUT2D eigenvalue weighted by atomic mass is 127. The average molecular weight is 985 g/mol. The number of hydrogen-bond donors (Lipinski definition) is 7. The van der Waals surface area contributed by atoms with Crippen LogP contribution in [0.4, 0.5) is 4.39 Å². The topological polar surface area (TPSA) is 265 Å². The van der Waals surface area contributed by atoms with Crippen molar-refractivity contribution in [2.75, 3.05) is 46.1 Å². The van der Waals surface area contributed by atoms with E-state index in [9.17, 15) is 47.1 Å². The summed E-state index contributed by atoms with van der Waals surface area (Å²) in [4.78, 5) is 62.1. The van der Waals surface area contributed by atoms with Crippen molar-refractivity contribution in [1.82, 2.24) is 25.7 Å². The second-order valence-electron chi connectivity index (χ2n) is 14.0. The number of phenolic OH excluding ortho intramolecular Hbond substituents is 1. The summed E-state index contributed by atoms with van der Waals surface area (Å²) < 4.78 is 59.5. The van der Waals surface area contributed by atoms with E-state index in [0.717, 1.165) is 4.31 Å². The number of nitrogens with one attached hydrogen (secondary N) is 4. The Hall–Kier alpha value is -4.94. The fraction of sp³-hybridized carbons (Fsp3) is 0.425. The lowest BCUT2D eigenvalue weighted by molar-refractivity contribution is -0.139. The maximum Gasteiger partial charge on any atom is 0.264 e. The third-order valence-electron chi connectivity index (χ3n) is 9.65. The summed E-state index contributed by atoms with van der Waals surface area (Å²) in [5.74, 6) is -2.60. The van der Waals surface area contributed by atoms with Gasteiger partial charge in [0.15, 0.2) is 0 Å². The van der Waals surface area contributed by atoms with E-state index in [1.54, 1.807) is 17.6 Å². The van der Waals surface area contributed by atoms with Crippen molar-refractivity contribution in [1.29, 1.82) is 0 Å². The second-order valence-corrected chi connectivity index (χ2v) is 17.0. The highest BCUT2D eigenvalue weighted by molar-refractivity contribution is 14.1. The zero-order valence-corrected chi connectivity index (χ0v) is 36.2. The van der Waals surface area contributed by atoms with Crippen molar-refractivity contribution >= 4 is 62.2 Å². The number of benzene rings is 3. The van der Waals surface area contributed by atoms with Crippen LogP contribution in [0, 0.1) is 9.39 Å². The van der Waals surface area contributed by atoms with Gasteiger partial charge in [0.05, 0.1) is 34.9 Å². The lowest BCUT2D eigenvalue weighted by atomic mass is 9.96. The first-order valence-electron chi connectivity index (χ1n) is 19.4. The number of ether oxygens (including phenoxy) is 3. The quantitative estimate of drug-likeness (QED) is 0.0280. The molecule has 18 nitrogen and oxygen atoms in total. The predicted octanol–water partition coefficient (Wildman–Crippen LogP) is 2.39. The number of nitrogens with zero attached hydrogens (tertiary/aromatic N) is 1. The molecule has 0 bridgehead atoms. The summed E-state index contributed by atoms with van der Waals surface area (Å²) in [6.45, 7) is 0.128. The first-order valence-corrected chi connectivity index (χ1v) is 21.9. The SMILES string of the molecule is NC(=O)C(Cc1ccc(O)c(I)c1)NC(=O)CCOCCNC(=O)CCOCCNC(=O)CCN(C1(C(=O)NO)CCCC1)S(=O)(=O)c1ccc(Oc2ccc(F)cc2)cc1. The van der Waals surface area contributed by atoms with Gasteiger partial charge in [-0.15, -0.1) is 0 Å². The summed E-state index contributed by atoms with van der Waals surface area (Å²) in [6.07, 6.45) is 1.12. The van der Waals surface area contributed by atoms with Crippen molar-refractivity contribution in [3.05, 3.63) is 81.7 Å². The molecule has 1 aliphatic rings. The fourth-order valence-electron chi connectivity index (χ4n) is 6.50. The van der Waals surface area contributed by atoms with Gasteiger partial charge in [0.25, 0.3) is 5.91 Å². The Morgan fingerprint density at radius 3 is 1.93 bits per heavy atom. The Balaban J connectivity index is 1.13. The third kappa shape index (κ3) is 14.9. The van der Waals surface area contributed by atoms with Crippen LogP contribution in [0.1, 0.15) is 50.5 Å². The number of carbonyl (C=O) groups is 5. The van der Waals surface area contributed by atoms with E-state index in [-0.39, 0.29) is 107 Å². The number of hydroxylamine groups is 1. The molecule has 1 atom stereocenters. The van der Waals surface area contributed by atoms with Gasteiger partial charge >= 0.3 is 0 Å². The zero-order chi connectivity index (χ0) is 44.4. The van der Waals surface area contributed by atoms with Crippen LogP contribution in [0.25, 0.3) is 0 Å². The number of halogens is 2. The molecule has 0 aliphatic heterocycles. The number of phenols is 1. The standard InChI is InChI=1S/C40H50FIN6O12S/c41-28-4-6-29(7-5-28)60-30-8-10-31(11-9-30)61(56,57)48(40(39(54)47-55)16-1-2-17-40)20-13-35(50)44-18-23-58-21-14-36(51)45-19-24-59-22-15-37(52)46-33(38(43)53)26-27-3-12-34(49)32(42)25-27/h3-12,25,33,49,55H,1-2,13-24,26H2,(H2,43,53)(H,44,50)(H,45,51)(H,46,52)(H,47,54). The first-order chi connectivity index (χ1) is 29.1. The number of rotatable bonds is 25. The van der Waals surface area contributed by atoms with Crippen LogP contribution < -0.4 is 31.9 Å². The molecule has 0 radical (unpaired) electrons. The van der Waals surface area contributed by atoms with Crippen LogP contribution in [-0.2, 0) is 49.9 Å². The average Bonchev–Trinajstić information content (AvgIpc) is 3.73. The number of amides is 5. The minimum absolute atomic E-state index is 0.0199. The highest BCUT2D eigenvalue weighted by Crippen LogP contribution is 2.39. The molecule has 4 rings (SSSR count). The van der Waals surface area contributed by atoms with Gasteiger partial charge in [0.1, 0.15) is 34.6 Å². The van der Waals surface area contributed by atoms with Crippen molar-refractivity contribution in [3.8, 4) is 17.2 Å². The van der Waals surface area contributed by atoms with Gasteiger partial charge in [-0.05, 0) is 102 Å². The Kier molecular flexibility index (Phi) is 19.1. The molecular formula is C40H50FIN6O12S. The minimum atomic E-state index is -4.39. The number of primary amides is 1. The lowest BCUT2D eigenvalue weighted by Crippen LogP contribution is -2.59. The van der Waals surface area contributed by atoms with Gasteiger partial charge in [-0.1, -0.05) is 18.9 Å². The molecular weight excluding hydrogens is 934 g/mol. The zero-order valence-electron chi connectivity index (χ0n) is 33.2. The molecule has 21 heteroatoms. The molecule has 0 saturated heterocycles. The number of hydrogen-bond acceptors (Lipinski definition) is 12. The Labute approximate surface area is 366 Å². The minimum Gasteiger partial charge on any atom is -0.507 e. The Bertz CT molecular complexity index is 2070. The molecule has 1 saturated carbocycles. The van der Waals surface area contributed by atoms with Crippen LogP contribution >= 0.6 is 22.6 Å². The van der Waals surface area contributed by atoms with E-state index >= 15 is 0 Å². The van der Waals surface area contributed by atoms with Gasteiger partial charge < -0.3 is 41.0 Å². The smallest absolute Gasteiger partial charge is 0.264 e. The summed E-state index contributed by atoms with van der Waals surface area (Å²) in [5.41, 5.74) is 6.14. The lowest BCUT2D eigenvalue weighted by Gasteiger charge is -2.38. The molecule has 1 fully saturated rings. The van der Waals surface area contributed by atoms with E-state index in [0.29, 0.717) is 27.7 Å². The predicted molar refractivity (Wildman–Crippen MR) is 225 cm³/mol. The molecule has 3 aromatic carbocycles. The molecule has 0 spiro atoms. The van der Waals surface area contributed by atoms with E-state index in [1.807, 2.05) is 22.6 Å². The van der Waals surface area contributed by atoms with Gasteiger partial charge in [-0.25, -0.2) is 18.3 Å². The molecule has 8 N–H and O–H groups in total. The molecule has 1 aliphatic carbocycles. The number of sulfonamides is 1. The second kappa shape index (κ2) is 23.9. The Morgan fingerprint density at radius 2 is 1.38 bits per heavy atom. The van der Waals surface area contributed by atoms with Gasteiger partial charge in [-0.2, -0.15) is 4.31 Å². The maximum absolute atomic E-state index is 14.1. The van der Waals surface area contributed by atoms with Gasteiger partial charge in [-0.3, -0.25) is 29.2 Å². The van der Waals surface area contributed by atoms with Crippen molar-refractivity contribution in [2.24, 2.45) is 5.73 Å². The number of nitrogens with two attached hydrogens (primary N) is 1. The number of carbonyl (C=O) groups excluding carboxylic acids is 5. The molecule has 5 amide bonds. The summed E-state index contributed by atoms with van der Waals surface area (Å²) >= 11 is 1.95. The van der Waals surface area contributed by atoms with Gasteiger partial charge in [0.2, 0.25) is 33.7 Å². The molecule has 0 heterocycles. The monoisotopic (exact) mass is 984 g/mol. The van der Waals surface area contributed by atoms with Crippen LogP contribution in [0.3, 0.4) is 0 Å². The third-order valence-corrected chi connectivity index (χ3v) is 12.5. The molecule has 3 aromatic rings.